The summed E-state index contributed by atoms with van der Waals surface area (Å²) in [6.45, 7) is -2.44. The average molecular weight is 298 g/mol. The number of benzene rings is 1. The van der Waals surface area contributed by atoms with Crippen molar-refractivity contribution < 1.29 is 18.3 Å². The number of carbonyl (C=O) groups is 1. The van der Waals surface area contributed by atoms with E-state index in [2.05, 4.69) is 4.74 Å². The number of amides is 1. The molecule has 6 heteroatoms. The Bertz CT molecular complexity index is 485. The Morgan fingerprint density at radius 1 is 1.33 bits per heavy atom. The van der Waals surface area contributed by atoms with Gasteiger partial charge in [0, 0.05) is 13.6 Å². The lowest BCUT2D eigenvalue weighted by Crippen LogP contribution is -2.52. The normalized spacial score (nSPS) is 17.0. The van der Waals surface area contributed by atoms with Crippen LogP contribution in [-0.2, 0) is 11.3 Å². The van der Waals surface area contributed by atoms with Crippen LogP contribution in [0.15, 0.2) is 24.3 Å². The number of hydrogen-bond donors (Lipinski definition) is 1. The molecule has 0 aliphatic heterocycles. The van der Waals surface area contributed by atoms with Crippen molar-refractivity contribution >= 4 is 5.91 Å². The molecule has 0 spiro atoms. The highest BCUT2D eigenvalue weighted by Crippen LogP contribution is 2.29. The standard InChI is InChI=1S/C15H20F2N2O2/c1-19(13(20)15(18)8-2-3-9-15)10-11-4-6-12(7-5-11)21-14(16)17/h4-7,14H,2-3,8-10,18H2,1H3. The van der Waals surface area contributed by atoms with Crippen LogP contribution in [0.5, 0.6) is 5.75 Å². The van der Waals surface area contributed by atoms with E-state index in [9.17, 15) is 13.6 Å². The summed E-state index contributed by atoms with van der Waals surface area (Å²) in [6.07, 6.45) is 3.40. The van der Waals surface area contributed by atoms with Crippen molar-refractivity contribution in [3.05, 3.63) is 29.8 Å². The summed E-state index contributed by atoms with van der Waals surface area (Å²) >= 11 is 0. The van der Waals surface area contributed by atoms with Gasteiger partial charge < -0.3 is 15.4 Å². The minimum atomic E-state index is -2.83. The molecule has 0 aromatic heterocycles. The number of ether oxygens (including phenoxy) is 1. The fourth-order valence-electron chi connectivity index (χ4n) is 2.72. The predicted molar refractivity (Wildman–Crippen MR) is 74.9 cm³/mol. The first kappa shape index (κ1) is 15.7. The highest BCUT2D eigenvalue weighted by Gasteiger charge is 2.38. The lowest BCUT2D eigenvalue weighted by molar-refractivity contribution is -0.136. The van der Waals surface area contributed by atoms with E-state index < -0.39 is 12.2 Å². The van der Waals surface area contributed by atoms with Crippen LogP contribution >= 0.6 is 0 Å². The molecule has 0 bridgehead atoms. The number of alkyl halides is 2. The fourth-order valence-corrected chi connectivity index (χ4v) is 2.72. The van der Waals surface area contributed by atoms with Gasteiger partial charge in [-0.2, -0.15) is 8.78 Å². The van der Waals surface area contributed by atoms with Gasteiger partial charge in [-0.05, 0) is 30.5 Å². The first-order valence-corrected chi connectivity index (χ1v) is 6.99. The van der Waals surface area contributed by atoms with Gasteiger partial charge in [-0.1, -0.05) is 25.0 Å². The Morgan fingerprint density at radius 2 is 1.90 bits per heavy atom. The molecule has 1 amide bonds. The van der Waals surface area contributed by atoms with Crippen molar-refractivity contribution in [2.45, 2.75) is 44.4 Å². The summed E-state index contributed by atoms with van der Waals surface area (Å²) in [5.74, 6) is 0.0433. The zero-order valence-electron chi connectivity index (χ0n) is 12.0. The molecule has 1 aromatic carbocycles. The van der Waals surface area contributed by atoms with Gasteiger partial charge in [0.2, 0.25) is 5.91 Å². The van der Waals surface area contributed by atoms with Crippen LogP contribution < -0.4 is 10.5 Å². The van der Waals surface area contributed by atoms with Gasteiger partial charge in [0.1, 0.15) is 5.75 Å². The number of likely N-dealkylation sites (N-methyl/N-ethyl adjacent to an activating group) is 1. The largest absolute Gasteiger partial charge is 0.435 e. The van der Waals surface area contributed by atoms with E-state index >= 15 is 0 Å². The second-order valence-corrected chi connectivity index (χ2v) is 5.55. The molecule has 1 saturated carbocycles. The summed E-state index contributed by atoms with van der Waals surface area (Å²) in [7, 11) is 1.71. The summed E-state index contributed by atoms with van der Waals surface area (Å²) < 4.78 is 28.4. The van der Waals surface area contributed by atoms with Crippen molar-refractivity contribution in [1.29, 1.82) is 0 Å². The monoisotopic (exact) mass is 298 g/mol. The predicted octanol–water partition coefficient (Wildman–Crippen LogP) is 2.52. The SMILES string of the molecule is CN(Cc1ccc(OC(F)F)cc1)C(=O)C1(N)CCCC1. The molecule has 2 N–H and O–H groups in total. The van der Waals surface area contributed by atoms with Crippen molar-refractivity contribution in [2.75, 3.05) is 7.05 Å². The number of nitrogens with two attached hydrogens (primary N) is 1. The Hall–Kier alpha value is -1.69. The molecule has 1 aliphatic carbocycles. The molecule has 1 aliphatic rings. The van der Waals surface area contributed by atoms with Crippen LogP contribution in [0.25, 0.3) is 0 Å². The third-order valence-electron chi connectivity index (χ3n) is 3.84. The van der Waals surface area contributed by atoms with Gasteiger partial charge >= 0.3 is 6.61 Å². The average Bonchev–Trinajstić information content (AvgIpc) is 2.87. The zero-order valence-corrected chi connectivity index (χ0v) is 12.0. The molecule has 0 heterocycles. The third-order valence-corrected chi connectivity index (χ3v) is 3.84. The number of halogens is 2. The van der Waals surface area contributed by atoms with Gasteiger partial charge in [-0.25, -0.2) is 0 Å². The minimum Gasteiger partial charge on any atom is -0.435 e. The van der Waals surface area contributed by atoms with E-state index in [0.717, 1.165) is 31.2 Å². The summed E-state index contributed by atoms with van der Waals surface area (Å²) in [6, 6.07) is 6.26. The van der Waals surface area contributed by atoms with Crippen LogP contribution in [0.2, 0.25) is 0 Å². The minimum absolute atomic E-state index is 0.0621. The second kappa shape index (κ2) is 6.39. The van der Waals surface area contributed by atoms with Crippen LogP contribution in [0, 0.1) is 0 Å². The van der Waals surface area contributed by atoms with E-state index in [-0.39, 0.29) is 11.7 Å². The van der Waals surface area contributed by atoms with Crippen molar-refractivity contribution in [1.82, 2.24) is 4.90 Å². The highest BCUT2D eigenvalue weighted by atomic mass is 19.3. The molecular formula is C15H20F2N2O2. The Kier molecular flexibility index (Phi) is 4.77. The maximum atomic E-state index is 12.4. The molecule has 1 fully saturated rings. The molecule has 0 radical (unpaired) electrons. The van der Waals surface area contributed by atoms with Crippen LogP contribution in [0.4, 0.5) is 8.78 Å². The maximum Gasteiger partial charge on any atom is 0.387 e. The molecule has 4 nitrogen and oxygen atoms in total. The van der Waals surface area contributed by atoms with Gasteiger partial charge in [-0.3, -0.25) is 4.79 Å². The Labute approximate surface area is 122 Å². The zero-order chi connectivity index (χ0) is 15.5. The van der Waals surface area contributed by atoms with Crippen molar-refractivity contribution in [3.63, 3.8) is 0 Å². The molecule has 2 rings (SSSR count). The number of rotatable bonds is 5. The molecule has 0 saturated heterocycles. The van der Waals surface area contributed by atoms with Gasteiger partial charge in [0.25, 0.3) is 0 Å². The van der Waals surface area contributed by atoms with Gasteiger partial charge in [0.05, 0.1) is 5.54 Å². The molecule has 1 aromatic rings. The second-order valence-electron chi connectivity index (χ2n) is 5.55. The van der Waals surface area contributed by atoms with Crippen LogP contribution in [-0.4, -0.2) is 30.0 Å². The van der Waals surface area contributed by atoms with Gasteiger partial charge in [0.15, 0.2) is 0 Å². The summed E-state index contributed by atoms with van der Waals surface area (Å²) in [4.78, 5) is 14.0. The van der Waals surface area contributed by atoms with E-state index in [0.29, 0.717) is 6.54 Å². The third kappa shape index (κ3) is 3.91. The van der Waals surface area contributed by atoms with Crippen molar-refractivity contribution in [2.24, 2.45) is 5.73 Å². The molecule has 116 valence electrons. The fraction of sp³-hybridized carbons (Fsp3) is 0.533. The number of carbonyl (C=O) groups excluding carboxylic acids is 1. The molecule has 0 atom stereocenters. The molecular weight excluding hydrogens is 278 g/mol. The molecule has 0 unspecified atom stereocenters. The number of nitrogens with zero attached hydrogens (tertiary/aromatic N) is 1. The first-order valence-electron chi connectivity index (χ1n) is 6.99. The lowest BCUT2D eigenvalue weighted by Gasteiger charge is -2.28. The van der Waals surface area contributed by atoms with E-state index in [1.54, 1.807) is 24.1 Å². The van der Waals surface area contributed by atoms with E-state index in [4.69, 9.17) is 5.73 Å². The van der Waals surface area contributed by atoms with E-state index in [1.807, 2.05) is 0 Å². The van der Waals surface area contributed by atoms with Gasteiger partial charge in [-0.15, -0.1) is 0 Å². The summed E-state index contributed by atoms with van der Waals surface area (Å²) in [5, 5.41) is 0. The molecule has 21 heavy (non-hydrogen) atoms. The van der Waals surface area contributed by atoms with Crippen LogP contribution in [0.1, 0.15) is 31.2 Å². The topological polar surface area (TPSA) is 55.6 Å². The highest BCUT2D eigenvalue weighted by molar-refractivity contribution is 5.86. The van der Waals surface area contributed by atoms with E-state index in [1.165, 1.54) is 12.1 Å². The summed E-state index contributed by atoms with van der Waals surface area (Å²) in [5.41, 5.74) is 6.24. The maximum absolute atomic E-state index is 12.4. The first-order chi connectivity index (χ1) is 9.90. The quantitative estimate of drug-likeness (QED) is 0.908. The van der Waals surface area contributed by atoms with Crippen molar-refractivity contribution in [3.8, 4) is 5.75 Å². The number of hydrogen-bond acceptors (Lipinski definition) is 3. The lowest BCUT2D eigenvalue weighted by atomic mass is 9.97. The van der Waals surface area contributed by atoms with Crippen LogP contribution in [0.3, 0.4) is 0 Å². The Balaban J connectivity index is 1.96. The Morgan fingerprint density at radius 3 is 2.43 bits per heavy atom. The smallest absolute Gasteiger partial charge is 0.387 e.